The van der Waals surface area contributed by atoms with Crippen LogP contribution in [-0.4, -0.2) is 28.0 Å². The van der Waals surface area contributed by atoms with Crippen LogP contribution in [0.5, 0.6) is 0 Å². The molecule has 3 nitrogen and oxygen atoms in total. The van der Waals surface area contributed by atoms with Crippen LogP contribution >= 0.6 is 11.8 Å². The second-order valence-electron chi connectivity index (χ2n) is 4.84. The normalized spacial score (nSPS) is 18.7. The summed E-state index contributed by atoms with van der Waals surface area (Å²) in [6.07, 6.45) is 6.30. The Kier molecular flexibility index (Phi) is 4.47. The maximum atomic E-state index is 11.8. The summed E-state index contributed by atoms with van der Waals surface area (Å²) in [6.45, 7) is 0. The summed E-state index contributed by atoms with van der Waals surface area (Å²) in [7, 11) is 0. The minimum absolute atomic E-state index is 0. The average Bonchev–Trinajstić information content (AvgIpc) is 2.67. The number of hydrogen-bond donors (Lipinski definition) is 1. The van der Waals surface area contributed by atoms with E-state index in [-0.39, 0.29) is 22.8 Å². The van der Waals surface area contributed by atoms with Gasteiger partial charge in [-0.2, -0.15) is 0 Å². The minimum Gasteiger partial charge on any atom is -0.288 e. The molecule has 5 heteroatoms. The molecule has 2 aliphatic rings. The average molecular weight is 293 g/mol. The van der Waals surface area contributed by atoms with Gasteiger partial charge in [0.1, 0.15) is 0 Å². The minimum atomic E-state index is -0.263. The molecule has 3 rings (SSSR count). The highest BCUT2D eigenvalue weighted by Gasteiger charge is 2.30. The predicted molar refractivity (Wildman–Crippen MR) is 82.3 cm³/mol. The highest BCUT2D eigenvalue weighted by molar-refractivity contribution is 8.00. The van der Waals surface area contributed by atoms with E-state index in [4.69, 9.17) is 0 Å². The van der Waals surface area contributed by atoms with E-state index < -0.39 is 0 Å². The number of thioether (sulfide) groups is 1. The lowest BCUT2D eigenvalue weighted by molar-refractivity contribution is 0.0879. The van der Waals surface area contributed by atoms with Gasteiger partial charge in [0.25, 0.3) is 11.8 Å². The molecule has 0 unspecified atom stereocenters. The van der Waals surface area contributed by atoms with Crippen LogP contribution in [-0.2, 0) is 0 Å². The number of carbonyl (C=O) groups excluding carboxylic acids is 2. The molecule has 0 aromatic heterocycles. The van der Waals surface area contributed by atoms with Crippen LogP contribution in [0.1, 0.15) is 52.8 Å². The van der Waals surface area contributed by atoms with Crippen molar-refractivity contribution in [3.05, 3.63) is 29.3 Å². The van der Waals surface area contributed by atoms with Crippen molar-refractivity contribution in [3.63, 3.8) is 0 Å². The van der Waals surface area contributed by atoms with Crippen molar-refractivity contribution >= 4 is 34.5 Å². The monoisotopic (exact) mass is 293 g/mol. The number of fused-ring (bicyclic) bond motifs is 1. The van der Waals surface area contributed by atoms with Gasteiger partial charge < -0.3 is 0 Å². The summed E-state index contributed by atoms with van der Waals surface area (Å²) in [4.78, 5) is 24.3. The molecule has 1 N–H and O–H groups in total. The number of nitrogens with one attached hydrogen (secondary N) is 1. The molecule has 0 spiro atoms. The van der Waals surface area contributed by atoms with Gasteiger partial charge in [-0.3, -0.25) is 14.9 Å². The van der Waals surface area contributed by atoms with Crippen molar-refractivity contribution in [3.8, 4) is 0 Å². The van der Waals surface area contributed by atoms with Crippen LogP contribution in [0.3, 0.4) is 0 Å². The first-order valence-corrected chi connectivity index (χ1v) is 7.29. The van der Waals surface area contributed by atoms with E-state index in [1.807, 2.05) is 12.1 Å². The van der Waals surface area contributed by atoms with Gasteiger partial charge in [-0.05, 0) is 35.9 Å². The fourth-order valence-corrected chi connectivity index (χ4v) is 4.05. The van der Waals surface area contributed by atoms with Crippen LogP contribution < -0.4 is 5.32 Å². The van der Waals surface area contributed by atoms with E-state index in [9.17, 15) is 9.59 Å². The number of carbonyl (C=O) groups is 2. The Morgan fingerprint density at radius 3 is 2.53 bits per heavy atom. The lowest BCUT2D eigenvalue weighted by atomic mass is 10.0. The van der Waals surface area contributed by atoms with Crippen molar-refractivity contribution in [1.29, 1.82) is 0 Å². The van der Waals surface area contributed by atoms with Gasteiger partial charge >= 0.3 is 0 Å². The van der Waals surface area contributed by atoms with E-state index in [1.165, 1.54) is 32.1 Å². The molecular formula is C14H19NO2SSi. The van der Waals surface area contributed by atoms with Crippen LogP contribution in [0.15, 0.2) is 23.1 Å². The van der Waals surface area contributed by atoms with Crippen LogP contribution in [0.25, 0.3) is 0 Å². The molecule has 0 saturated heterocycles. The van der Waals surface area contributed by atoms with Crippen molar-refractivity contribution in [2.75, 3.05) is 0 Å². The summed E-state index contributed by atoms with van der Waals surface area (Å²) in [5, 5.41) is 2.96. The summed E-state index contributed by atoms with van der Waals surface area (Å²) in [6, 6.07) is 5.54. The molecule has 2 amide bonds. The Labute approximate surface area is 121 Å². The smallest absolute Gasteiger partial charge is 0.260 e. The molecule has 1 aliphatic heterocycles. The summed E-state index contributed by atoms with van der Waals surface area (Å²) < 4.78 is 0. The van der Waals surface area contributed by atoms with E-state index in [1.54, 1.807) is 17.8 Å². The highest BCUT2D eigenvalue weighted by atomic mass is 32.2. The Hall–Kier alpha value is -1.07. The number of benzene rings is 1. The second-order valence-corrected chi connectivity index (χ2v) is 6.18. The fraction of sp³-hybridized carbons (Fsp3) is 0.429. The Balaban J connectivity index is 0.00000133. The number of hydrogen-bond acceptors (Lipinski definition) is 3. The van der Waals surface area contributed by atoms with Crippen LogP contribution in [0, 0.1) is 0 Å². The van der Waals surface area contributed by atoms with Gasteiger partial charge in [0, 0.05) is 10.1 Å². The van der Waals surface area contributed by atoms with Gasteiger partial charge in [-0.1, -0.05) is 25.3 Å². The van der Waals surface area contributed by atoms with Gasteiger partial charge in [0.2, 0.25) is 0 Å². The molecule has 1 aromatic carbocycles. The van der Waals surface area contributed by atoms with Gasteiger partial charge in [-0.25, -0.2) is 0 Å². The molecule has 0 atom stereocenters. The van der Waals surface area contributed by atoms with E-state index in [0.717, 1.165) is 4.90 Å². The molecular weight excluding hydrogens is 274 g/mol. The van der Waals surface area contributed by atoms with E-state index in [0.29, 0.717) is 16.4 Å². The van der Waals surface area contributed by atoms with Crippen molar-refractivity contribution in [2.45, 2.75) is 42.2 Å². The first kappa shape index (κ1) is 14.3. The quantitative estimate of drug-likeness (QED) is 0.665. The zero-order chi connectivity index (χ0) is 12.5. The first-order chi connectivity index (χ1) is 8.75. The lowest BCUT2D eigenvalue weighted by Crippen LogP contribution is -2.20. The number of amides is 2. The number of imide groups is 1. The van der Waals surface area contributed by atoms with E-state index >= 15 is 0 Å². The summed E-state index contributed by atoms with van der Waals surface area (Å²) in [5.41, 5.74) is 1.11. The third kappa shape index (κ3) is 2.77. The molecule has 1 aliphatic carbocycles. The topological polar surface area (TPSA) is 46.2 Å². The maximum Gasteiger partial charge on any atom is 0.260 e. The molecule has 1 saturated carbocycles. The molecule has 102 valence electrons. The molecule has 19 heavy (non-hydrogen) atoms. The second kappa shape index (κ2) is 5.92. The highest BCUT2D eigenvalue weighted by Crippen LogP contribution is 2.37. The molecule has 0 radical (unpaired) electrons. The van der Waals surface area contributed by atoms with Crippen molar-refractivity contribution in [2.24, 2.45) is 0 Å². The molecule has 1 heterocycles. The summed E-state index contributed by atoms with van der Waals surface area (Å²) in [5.74, 6) is -0.505. The Morgan fingerprint density at radius 1 is 1.05 bits per heavy atom. The van der Waals surface area contributed by atoms with Crippen molar-refractivity contribution in [1.82, 2.24) is 5.32 Å². The molecule has 0 bridgehead atoms. The zero-order valence-electron chi connectivity index (χ0n) is 10.1. The lowest BCUT2D eigenvalue weighted by Gasteiger charge is -2.21. The maximum absolute atomic E-state index is 11.8. The number of rotatable bonds is 2. The van der Waals surface area contributed by atoms with Gasteiger partial charge in [0.05, 0.1) is 11.1 Å². The van der Waals surface area contributed by atoms with Crippen LogP contribution in [0.4, 0.5) is 0 Å². The summed E-state index contributed by atoms with van der Waals surface area (Å²) >= 11 is 1.76. The standard InChI is InChI=1S/C14H15NO2S.H4Si/c16-13-10-7-4-8-11(12(10)14(17)15-13)18-9-5-2-1-3-6-9;/h4,7-9H,1-3,5-6H2,(H,15,16,17);1H4. The van der Waals surface area contributed by atoms with Gasteiger partial charge in [-0.15, -0.1) is 11.8 Å². The third-order valence-electron chi connectivity index (χ3n) is 3.57. The Bertz CT molecular complexity index is 512. The third-order valence-corrected chi connectivity index (χ3v) is 4.97. The first-order valence-electron chi connectivity index (χ1n) is 6.41. The zero-order valence-corrected chi connectivity index (χ0v) is 10.9. The van der Waals surface area contributed by atoms with Crippen molar-refractivity contribution < 1.29 is 9.59 Å². The molecule has 1 aromatic rings. The van der Waals surface area contributed by atoms with Gasteiger partial charge in [0.15, 0.2) is 0 Å². The van der Waals surface area contributed by atoms with Crippen LogP contribution in [0.2, 0.25) is 0 Å². The molecule has 1 fully saturated rings. The Morgan fingerprint density at radius 2 is 1.79 bits per heavy atom. The van der Waals surface area contributed by atoms with E-state index in [2.05, 4.69) is 5.32 Å². The fourth-order valence-electron chi connectivity index (χ4n) is 2.65. The SMILES string of the molecule is O=C1NC(=O)c2c(SC3CCCCC3)cccc21.[SiH4]. The predicted octanol–water partition coefficient (Wildman–Crippen LogP) is 1.54. The largest absolute Gasteiger partial charge is 0.288 e.